The molecule has 2 aromatic carbocycles. The number of aromatic nitrogens is 2. The van der Waals surface area contributed by atoms with Gasteiger partial charge in [0.2, 0.25) is 10.0 Å². The average molecular weight is 427 g/mol. The Morgan fingerprint density at radius 2 is 1.67 bits per heavy atom. The van der Waals surface area contributed by atoms with Crippen molar-refractivity contribution in [1.82, 2.24) is 19.4 Å². The van der Waals surface area contributed by atoms with E-state index in [0.717, 1.165) is 16.9 Å². The van der Waals surface area contributed by atoms with E-state index < -0.39 is 10.0 Å². The Morgan fingerprint density at radius 1 is 1.03 bits per heavy atom. The third-order valence-corrected chi connectivity index (χ3v) is 7.04. The van der Waals surface area contributed by atoms with Gasteiger partial charge in [-0.2, -0.15) is 9.40 Å². The molecule has 8 heteroatoms. The lowest BCUT2D eigenvalue weighted by molar-refractivity contribution is 0.0950. The lowest BCUT2D eigenvalue weighted by Gasteiger charge is -2.18. The maximum atomic E-state index is 12.6. The molecule has 1 heterocycles. The molecule has 0 fully saturated rings. The SMILES string of the molecule is CCN(CC)S(=O)(=O)c1ccc(CNC(=O)c2cnn(-c3ccccc3)c2C)cc1. The summed E-state index contributed by atoms with van der Waals surface area (Å²) in [6.07, 6.45) is 1.55. The molecule has 158 valence electrons. The van der Waals surface area contributed by atoms with Crippen molar-refractivity contribution in [3.8, 4) is 5.69 Å². The number of hydrogen-bond donors (Lipinski definition) is 1. The van der Waals surface area contributed by atoms with Gasteiger partial charge in [-0.15, -0.1) is 0 Å². The zero-order chi connectivity index (χ0) is 21.7. The molecule has 0 saturated carbocycles. The van der Waals surface area contributed by atoms with Crippen molar-refractivity contribution in [3.63, 3.8) is 0 Å². The van der Waals surface area contributed by atoms with Crippen LogP contribution >= 0.6 is 0 Å². The second kappa shape index (κ2) is 9.23. The third kappa shape index (κ3) is 4.44. The van der Waals surface area contributed by atoms with E-state index in [1.165, 1.54) is 4.31 Å². The number of nitrogens with one attached hydrogen (secondary N) is 1. The summed E-state index contributed by atoms with van der Waals surface area (Å²) in [7, 11) is -3.49. The first-order valence-corrected chi connectivity index (χ1v) is 11.3. The monoisotopic (exact) mass is 426 g/mol. The highest BCUT2D eigenvalue weighted by Gasteiger charge is 2.21. The molecule has 0 aliphatic heterocycles. The van der Waals surface area contributed by atoms with Crippen LogP contribution in [0.2, 0.25) is 0 Å². The molecule has 0 aliphatic rings. The van der Waals surface area contributed by atoms with E-state index in [1.807, 2.05) is 51.1 Å². The average Bonchev–Trinajstić information content (AvgIpc) is 3.15. The van der Waals surface area contributed by atoms with Crippen molar-refractivity contribution in [3.05, 3.63) is 77.6 Å². The highest BCUT2D eigenvalue weighted by atomic mass is 32.2. The van der Waals surface area contributed by atoms with Crippen LogP contribution in [0.25, 0.3) is 5.69 Å². The number of carbonyl (C=O) groups is 1. The lowest BCUT2D eigenvalue weighted by atomic mass is 10.2. The fraction of sp³-hybridized carbons (Fsp3) is 0.273. The lowest BCUT2D eigenvalue weighted by Crippen LogP contribution is -2.30. The Hall–Kier alpha value is -2.97. The summed E-state index contributed by atoms with van der Waals surface area (Å²) in [5.74, 6) is -0.227. The van der Waals surface area contributed by atoms with Crippen LogP contribution in [0, 0.1) is 6.92 Å². The van der Waals surface area contributed by atoms with Crippen molar-refractivity contribution < 1.29 is 13.2 Å². The number of nitrogens with zero attached hydrogens (tertiary/aromatic N) is 3. The molecule has 0 saturated heterocycles. The second-order valence-electron chi connectivity index (χ2n) is 6.81. The Kier molecular flexibility index (Phi) is 6.69. The molecule has 3 aromatic rings. The molecule has 0 spiro atoms. The van der Waals surface area contributed by atoms with E-state index in [2.05, 4.69) is 10.4 Å². The summed E-state index contributed by atoms with van der Waals surface area (Å²) in [6.45, 7) is 6.61. The van der Waals surface area contributed by atoms with Gasteiger partial charge in [-0.1, -0.05) is 44.2 Å². The molecule has 1 aromatic heterocycles. The van der Waals surface area contributed by atoms with Gasteiger partial charge in [-0.25, -0.2) is 13.1 Å². The number of sulfonamides is 1. The first kappa shape index (κ1) is 21.7. The van der Waals surface area contributed by atoms with E-state index in [0.29, 0.717) is 25.2 Å². The van der Waals surface area contributed by atoms with Crippen molar-refractivity contribution in [1.29, 1.82) is 0 Å². The molecule has 0 unspecified atom stereocenters. The zero-order valence-corrected chi connectivity index (χ0v) is 18.2. The summed E-state index contributed by atoms with van der Waals surface area (Å²) < 4.78 is 28.3. The van der Waals surface area contributed by atoms with Gasteiger partial charge in [0.1, 0.15) is 0 Å². The fourth-order valence-corrected chi connectivity index (χ4v) is 4.69. The normalized spacial score (nSPS) is 11.6. The van der Waals surface area contributed by atoms with E-state index in [1.54, 1.807) is 35.1 Å². The predicted molar refractivity (Wildman–Crippen MR) is 116 cm³/mol. The second-order valence-corrected chi connectivity index (χ2v) is 8.74. The molecule has 3 rings (SSSR count). The van der Waals surface area contributed by atoms with E-state index in [9.17, 15) is 13.2 Å². The molecule has 30 heavy (non-hydrogen) atoms. The number of para-hydroxylation sites is 1. The van der Waals surface area contributed by atoms with Crippen LogP contribution in [0.15, 0.2) is 65.7 Å². The van der Waals surface area contributed by atoms with Crippen LogP contribution in [0.3, 0.4) is 0 Å². The Balaban J connectivity index is 1.68. The molecule has 1 N–H and O–H groups in total. The minimum Gasteiger partial charge on any atom is -0.348 e. The van der Waals surface area contributed by atoms with E-state index >= 15 is 0 Å². The van der Waals surface area contributed by atoms with Gasteiger partial charge in [0.15, 0.2) is 0 Å². The summed E-state index contributed by atoms with van der Waals surface area (Å²) in [5, 5.41) is 7.19. The minimum atomic E-state index is -3.49. The summed E-state index contributed by atoms with van der Waals surface area (Å²) in [6, 6.07) is 16.2. The van der Waals surface area contributed by atoms with Gasteiger partial charge in [0.05, 0.1) is 28.0 Å². The van der Waals surface area contributed by atoms with Crippen LogP contribution in [0.1, 0.15) is 35.5 Å². The maximum Gasteiger partial charge on any atom is 0.255 e. The molecule has 1 amide bonds. The fourth-order valence-electron chi connectivity index (χ4n) is 3.23. The highest BCUT2D eigenvalue weighted by Crippen LogP contribution is 2.17. The number of rotatable bonds is 8. The summed E-state index contributed by atoms with van der Waals surface area (Å²) in [5.41, 5.74) is 2.95. The highest BCUT2D eigenvalue weighted by molar-refractivity contribution is 7.89. The zero-order valence-electron chi connectivity index (χ0n) is 17.4. The third-order valence-electron chi connectivity index (χ3n) is 4.97. The standard InChI is InChI=1S/C22H26N4O3S/c1-4-25(5-2)30(28,29)20-13-11-18(12-14-20)15-23-22(27)21-16-24-26(17(21)3)19-9-7-6-8-10-19/h6-14,16H,4-5,15H2,1-3H3,(H,23,27). The van der Waals surface area contributed by atoms with Gasteiger partial charge in [-0.3, -0.25) is 4.79 Å². The van der Waals surface area contributed by atoms with Crippen molar-refractivity contribution >= 4 is 15.9 Å². The Labute approximate surface area is 177 Å². The number of carbonyl (C=O) groups excluding carboxylic acids is 1. The quantitative estimate of drug-likeness (QED) is 0.600. The van der Waals surface area contributed by atoms with Crippen molar-refractivity contribution in [2.45, 2.75) is 32.2 Å². The molecular weight excluding hydrogens is 400 g/mol. The molecular formula is C22H26N4O3S. The molecule has 0 aliphatic carbocycles. The van der Waals surface area contributed by atoms with Gasteiger partial charge in [-0.05, 0) is 36.8 Å². The smallest absolute Gasteiger partial charge is 0.255 e. The van der Waals surface area contributed by atoms with Gasteiger partial charge in [0, 0.05) is 19.6 Å². The first-order valence-electron chi connectivity index (χ1n) is 9.85. The maximum absolute atomic E-state index is 12.6. The van der Waals surface area contributed by atoms with E-state index in [4.69, 9.17) is 0 Å². The van der Waals surface area contributed by atoms with Crippen LogP contribution in [0.4, 0.5) is 0 Å². The molecule has 0 atom stereocenters. The summed E-state index contributed by atoms with van der Waals surface area (Å²) >= 11 is 0. The van der Waals surface area contributed by atoms with Crippen molar-refractivity contribution in [2.24, 2.45) is 0 Å². The van der Waals surface area contributed by atoms with Crippen LogP contribution < -0.4 is 5.32 Å². The van der Waals surface area contributed by atoms with Crippen LogP contribution in [-0.4, -0.2) is 41.5 Å². The minimum absolute atomic E-state index is 0.227. The van der Waals surface area contributed by atoms with Crippen molar-refractivity contribution in [2.75, 3.05) is 13.1 Å². The molecule has 0 radical (unpaired) electrons. The largest absolute Gasteiger partial charge is 0.348 e. The van der Waals surface area contributed by atoms with Crippen LogP contribution in [0.5, 0.6) is 0 Å². The van der Waals surface area contributed by atoms with E-state index in [-0.39, 0.29) is 10.8 Å². The molecule has 0 bridgehead atoms. The topological polar surface area (TPSA) is 84.3 Å². The first-order chi connectivity index (χ1) is 14.4. The predicted octanol–water partition coefficient (Wildman–Crippen LogP) is 3.14. The van der Waals surface area contributed by atoms with Gasteiger partial charge in [0.25, 0.3) is 5.91 Å². The number of hydrogen-bond acceptors (Lipinski definition) is 4. The Morgan fingerprint density at radius 3 is 2.27 bits per heavy atom. The number of benzene rings is 2. The summed E-state index contributed by atoms with van der Waals surface area (Å²) in [4.78, 5) is 12.9. The Bertz CT molecular complexity index is 1100. The van der Waals surface area contributed by atoms with Gasteiger partial charge >= 0.3 is 0 Å². The number of amides is 1. The van der Waals surface area contributed by atoms with Gasteiger partial charge < -0.3 is 5.32 Å². The molecule has 7 nitrogen and oxygen atoms in total. The van der Waals surface area contributed by atoms with Crippen LogP contribution in [-0.2, 0) is 16.6 Å².